The van der Waals surface area contributed by atoms with Crippen molar-refractivity contribution in [2.75, 3.05) is 0 Å². The van der Waals surface area contributed by atoms with Crippen molar-refractivity contribution in [2.45, 2.75) is 33.4 Å². The van der Waals surface area contributed by atoms with Crippen molar-refractivity contribution in [3.63, 3.8) is 0 Å². The van der Waals surface area contributed by atoms with E-state index in [0.29, 0.717) is 12.5 Å². The highest BCUT2D eigenvalue weighted by molar-refractivity contribution is 6.76. The molecule has 0 aliphatic rings. The first-order valence-electron chi connectivity index (χ1n) is 6.05. The molecule has 0 aliphatic heterocycles. The van der Waals surface area contributed by atoms with Crippen molar-refractivity contribution in [3.05, 3.63) is 39.7 Å². The summed E-state index contributed by atoms with van der Waals surface area (Å²) < 4.78 is 51.5. The summed E-state index contributed by atoms with van der Waals surface area (Å²) in [5.41, 5.74) is -0.786. The molecule has 0 unspecified atom stereocenters. The van der Waals surface area contributed by atoms with Gasteiger partial charge in [0.15, 0.2) is 0 Å². The van der Waals surface area contributed by atoms with Gasteiger partial charge in [-0.2, -0.15) is 13.2 Å². The molecule has 0 heterocycles. The van der Waals surface area contributed by atoms with Gasteiger partial charge in [0.1, 0.15) is 11.0 Å². The molecule has 116 valence electrons. The quantitative estimate of drug-likeness (QED) is 0.449. The Labute approximate surface area is 130 Å². The third-order valence-electron chi connectivity index (χ3n) is 2.97. The molecule has 0 amide bonds. The van der Waals surface area contributed by atoms with Gasteiger partial charge < -0.3 is 0 Å². The van der Waals surface area contributed by atoms with Gasteiger partial charge in [0.05, 0.1) is 16.3 Å². The van der Waals surface area contributed by atoms with E-state index in [1.807, 2.05) is 6.92 Å². The molecular formula is C14H13Cl2F4N. The maximum absolute atomic E-state index is 13.8. The minimum absolute atomic E-state index is 0.00699. The summed E-state index contributed by atoms with van der Waals surface area (Å²) >= 11 is 11.9. The minimum atomic E-state index is -4.75. The van der Waals surface area contributed by atoms with E-state index in [1.54, 1.807) is 6.92 Å². The number of aliphatic imine (C=N–C) groups is 1. The van der Waals surface area contributed by atoms with Gasteiger partial charge in [-0.3, -0.25) is 0 Å². The predicted molar refractivity (Wildman–Crippen MR) is 77.9 cm³/mol. The van der Waals surface area contributed by atoms with Gasteiger partial charge in [0, 0.05) is 5.56 Å². The van der Waals surface area contributed by atoms with Crippen molar-refractivity contribution >= 4 is 34.1 Å². The maximum atomic E-state index is 13.8. The Hall–Kier alpha value is -1.07. The van der Waals surface area contributed by atoms with Crippen LogP contribution in [0.1, 0.15) is 31.4 Å². The summed E-state index contributed by atoms with van der Waals surface area (Å²) in [5.74, 6) is -1.36. The highest BCUT2D eigenvalue weighted by atomic mass is 35.5. The van der Waals surface area contributed by atoms with Crippen LogP contribution in [0.5, 0.6) is 0 Å². The fourth-order valence-electron chi connectivity index (χ4n) is 1.50. The lowest BCUT2D eigenvalue weighted by molar-refractivity contribution is -0.140. The van der Waals surface area contributed by atoms with Gasteiger partial charge in [0.2, 0.25) is 0 Å². The van der Waals surface area contributed by atoms with E-state index in [1.165, 1.54) is 6.92 Å². The largest absolute Gasteiger partial charge is 0.419 e. The van der Waals surface area contributed by atoms with Gasteiger partial charge in [0.25, 0.3) is 0 Å². The van der Waals surface area contributed by atoms with Gasteiger partial charge in [-0.15, -0.1) is 0 Å². The van der Waals surface area contributed by atoms with Crippen LogP contribution in [-0.2, 0) is 6.18 Å². The first kappa shape index (κ1) is 18.0. The van der Waals surface area contributed by atoms with Crippen molar-refractivity contribution in [1.29, 1.82) is 0 Å². The maximum Gasteiger partial charge on any atom is 0.419 e. The second kappa shape index (κ2) is 6.79. The molecule has 0 saturated carbocycles. The Morgan fingerprint density at radius 3 is 2.29 bits per heavy atom. The number of halogens is 6. The molecule has 1 rings (SSSR count). The first-order valence-corrected chi connectivity index (χ1v) is 6.81. The Bertz CT molecular complexity index is 604. The topological polar surface area (TPSA) is 12.4 Å². The molecule has 0 saturated heterocycles. The SMILES string of the molecule is CCC(C)=C(Cl)C(Cl)=Nc1ccc(C(F)(F)F)c(F)c1C. The second-order valence-corrected chi connectivity index (χ2v) is 5.16. The Morgan fingerprint density at radius 1 is 1.24 bits per heavy atom. The molecule has 0 N–H and O–H groups in total. The first-order chi connectivity index (χ1) is 9.59. The van der Waals surface area contributed by atoms with Crippen molar-refractivity contribution in [2.24, 2.45) is 4.99 Å². The fraction of sp³-hybridized carbons (Fsp3) is 0.357. The third kappa shape index (κ3) is 4.20. The molecule has 1 aromatic rings. The van der Waals surface area contributed by atoms with E-state index in [0.717, 1.165) is 11.6 Å². The number of hydrogen-bond acceptors (Lipinski definition) is 1. The molecule has 0 bridgehead atoms. The standard InChI is InChI=1S/C14H13Cl2F4N/c1-4-7(2)11(15)13(16)21-10-6-5-9(14(18,19)20)12(17)8(10)3/h5-6H,4H2,1-3H3. The molecular weight excluding hydrogens is 329 g/mol. The molecule has 7 heteroatoms. The van der Waals surface area contributed by atoms with Crippen LogP contribution in [0, 0.1) is 12.7 Å². The van der Waals surface area contributed by atoms with E-state index in [4.69, 9.17) is 23.2 Å². The minimum Gasteiger partial charge on any atom is -0.235 e. The number of alkyl halides is 3. The summed E-state index contributed by atoms with van der Waals surface area (Å²) in [5, 5.41) is 0.122. The van der Waals surface area contributed by atoms with Crippen LogP contribution in [0.4, 0.5) is 23.2 Å². The summed E-state index contributed by atoms with van der Waals surface area (Å²) in [7, 11) is 0. The lowest BCUT2D eigenvalue weighted by atomic mass is 10.1. The van der Waals surface area contributed by atoms with Gasteiger partial charge in [-0.05, 0) is 32.4 Å². The Kier molecular flexibility index (Phi) is 5.82. The molecule has 0 aliphatic carbocycles. The van der Waals surface area contributed by atoms with E-state index in [-0.39, 0.29) is 21.5 Å². The molecule has 0 atom stereocenters. The van der Waals surface area contributed by atoms with Crippen LogP contribution in [0.25, 0.3) is 0 Å². The number of benzene rings is 1. The summed E-state index contributed by atoms with van der Waals surface area (Å²) in [6.45, 7) is 4.82. The predicted octanol–water partition coefficient (Wildman–Crippen LogP) is 6.34. The molecule has 0 fully saturated rings. The van der Waals surface area contributed by atoms with E-state index >= 15 is 0 Å². The molecule has 21 heavy (non-hydrogen) atoms. The molecule has 0 spiro atoms. The van der Waals surface area contributed by atoms with Crippen LogP contribution in [0.3, 0.4) is 0 Å². The average molecular weight is 342 g/mol. The highest BCUT2D eigenvalue weighted by Crippen LogP contribution is 2.35. The zero-order valence-corrected chi connectivity index (χ0v) is 13.1. The van der Waals surface area contributed by atoms with Gasteiger partial charge in [-0.1, -0.05) is 35.7 Å². The van der Waals surface area contributed by atoms with E-state index in [2.05, 4.69) is 4.99 Å². The zero-order chi connectivity index (χ0) is 16.4. The van der Waals surface area contributed by atoms with Gasteiger partial charge >= 0.3 is 6.18 Å². The molecule has 1 aromatic carbocycles. The highest BCUT2D eigenvalue weighted by Gasteiger charge is 2.35. The van der Waals surface area contributed by atoms with Gasteiger partial charge in [-0.25, -0.2) is 9.38 Å². The van der Waals surface area contributed by atoms with Crippen LogP contribution in [0.15, 0.2) is 27.7 Å². The normalized spacial score (nSPS) is 14.2. The van der Waals surface area contributed by atoms with E-state index < -0.39 is 17.6 Å². The van der Waals surface area contributed by atoms with Crippen LogP contribution < -0.4 is 0 Å². The molecule has 0 radical (unpaired) electrons. The number of allylic oxidation sites excluding steroid dienone is 2. The smallest absolute Gasteiger partial charge is 0.235 e. The lowest BCUT2D eigenvalue weighted by Crippen LogP contribution is -2.09. The third-order valence-corrected chi connectivity index (χ3v) is 3.84. The van der Waals surface area contributed by atoms with Crippen LogP contribution in [0.2, 0.25) is 0 Å². The number of nitrogens with zero attached hydrogens (tertiary/aromatic N) is 1. The lowest BCUT2D eigenvalue weighted by Gasteiger charge is -2.11. The number of hydrogen-bond donors (Lipinski definition) is 0. The Balaban J connectivity index is 3.33. The summed E-state index contributed by atoms with van der Waals surface area (Å²) in [6.07, 6.45) is -4.11. The van der Waals surface area contributed by atoms with E-state index in [9.17, 15) is 17.6 Å². The summed E-state index contributed by atoms with van der Waals surface area (Å²) in [6, 6.07) is 1.70. The summed E-state index contributed by atoms with van der Waals surface area (Å²) in [4.78, 5) is 3.90. The molecule has 1 nitrogen and oxygen atoms in total. The van der Waals surface area contributed by atoms with Crippen molar-refractivity contribution in [1.82, 2.24) is 0 Å². The molecule has 0 aromatic heterocycles. The number of rotatable bonds is 3. The van der Waals surface area contributed by atoms with Crippen molar-refractivity contribution < 1.29 is 17.6 Å². The van der Waals surface area contributed by atoms with Crippen molar-refractivity contribution in [3.8, 4) is 0 Å². The van der Waals surface area contributed by atoms with Crippen LogP contribution in [-0.4, -0.2) is 5.17 Å². The average Bonchev–Trinajstić information content (AvgIpc) is 2.40. The zero-order valence-electron chi connectivity index (χ0n) is 11.6. The monoisotopic (exact) mass is 341 g/mol. The second-order valence-electron chi connectivity index (χ2n) is 4.42. The Morgan fingerprint density at radius 2 is 1.81 bits per heavy atom. The fourth-order valence-corrected chi connectivity index (χ4v) is 1.93. The van der Waals surface area contributed by atoms with Crippen LogP contribution >= 0.6 is 23.2 Å².